The summed E-state index contributed by atoms with van der Waals surface area (Å²) in [5, 5.41) is 4.04. The number of carbonyl (C=O) groups is 1. The SMILES string of the molecule is CC(=O)OCC1CC23CCCN4CCC5(c6ccccc6NC15CC2)C43. The summed E-state index contributed by atoms with van der Waals surface area (Å²) in [4.78, 5) is 14.4. The van der Waals surface area contributed by atoms with E-state index in [2.05, 4.69) is 34.5 Å². The number of piperidine rings is 1. The molecule has 138 valence electrons. The van der Waals surface area contributed by atoms with Gasteiger partial charge in [0, 0.05) is 30.0 Å². The van der Waals surface area contributed by atoms with Gasteiger partial charge in [0.05, 0.1) is 12.1 Å². The number of carbonyl (C=O) groups excluding carboxylic acids is 1. The average molecular weight is 352 g/mol. The average Bonchev–Trinajstić information content (AvgIpc) is 3.19. The van der Waals surface area contributed by atoms with Crippen LogP contribution in [0.1, 0.15) is 51.0 Å². The van der Waals surface area contributed by atoms with Gasteiger partial charge < -0.3 is 10.1 Å². The van der Waals surface area contributed by atoms with E-state index in [0.717, 1.165) is 0 Å². The quantitative estimate of drug-likeness (QED) is 0.829. The van der Waals surface area contributed by atoms with E-state index in [-0.39, 0.29) is 16.9 Å². The van der Waals surface area contributed by atoms with Gasteiger partial charge in [0.1, 0.15) is 0 Å². The fourth-order valence-corrected chi connectivity index (χ4v) is 8.21. The Bertz CT molecular complexity index is 794. The van der Waals surface area contributed by atoms with Gasteiger partial charge in [-0.2, -0.15) is 0 Å². The van der Waals surface area contributed by atoms with Crippen LogP contribution in [-0.2, 0) is 14.9 Å². The van der Waals surface area contributed by atoms with Crippen molar-refractivity contribution in [1.82, 2.24) is 4.90 Å². The van der Waals surface area contributed by atoms with Gasteiger partial charge in [-0.25, -0.2) is 0 Å². The molecule has 7 rings (SSSR count). The van der Waals surface area contributed by atoms with E-state index < -0.39 is 0 Å². The van der Waals surface area contributed by atoms with Crippen LogP contribution in [0.3, 0.4) is 0 Å². The molecule has 2 bridgehead atoms. The van der Waals surface area contributed by atoms with E-state index in [1.807, 2.05) is 0 Å². The fourth-order valence-electron chi connectivity index (χ4n) is 8.21. The second kappa shape index (κ2) is 4.83. The highest BCUT2D eigenvalue weighted by Gasteiger charge is 2.77. The van der Waals surface area contributed by atoms with Crippen LogP contribution in [0.5, 0.6) is 0 Å². The van der Waals surface area contributed by atoms with Crippen LogP contribution < -0.4 is 5.32 Å². The summed E-state index contributed by atoms with van der Waals surface area (Å²) >= 11 is 0. The highest BCUT2D eigenvalue weighted by Crippen LogP contribution is 2.74. The molecular weight excluding hydrogens is 324 g/mol. The van der Waals surface area contributed by atoms with E-state index in [0.29, 0.717) is 24.0 Å². The molecule has 3 spiro atoms. The largest absolute Gasteiger partial charge is 0.465 e. The molecule has 1 aromatic carbocycles. The number of para-hydroxylation sites is 1. The first kappa shape index (κ1) is 15.5. The van der Waals surface area contributed by atoms with Crippen LogP contribution in [-0.4, -0.2) is 42.1 Å². The lowest BCUT2D eigenvalue weighted by atomic mass is 9.39. The Morgan fingerprint density at radius 1 is 1.23 bits per heavy atom. The normalized spacial score (nSPS) is 44.8. The number of hydrogen-bond acceptors (Lipinski definition) is 4. The standard InChI is InChI=1S/C22H28N2O2/c1-15(25)26-14-16-13-20-7-4-11-24-12-10-21(19(20)24)17-5-2-3-6-18(17)23-22(16,21)9-8-20/h2-3,5-6,16,19,23H,4,7-14H2,1H3. The summed E-state index contributed by atoms with van der Waals surface area (Å²) in [6.45, 7) is 4.61. The summed E-state index contributed by atoms with van der Waals surface area (Å²) < 4.78 is 5.62. The molecule has 0 amide bonds. The topological polar surface area (TPSA) is 41.6 Å². The first-order valence-electron chi connectivity index (χ1n) is 10.4. The number of nitrogens with one attached hydrogen (secondary N) is 1. The van der Waals surface area contributed by atoms with Gasteiger partial charge in [-0.3, -0.25) is 9.69 Å². The molecule has 26 heavy (non-hydrogen) atoms. The van der Waals surface area contributed by atoms with Crippen molar-refractivity contribution >= 4 is 11.7 Å². The molecule has 4 nitrogen and oxygen atoms in total. The molecule has 5 fully saturated rings. The maximum Gasteiger partial charge on any atom is 0.302 e. The number of nitrogens with zero attached hydrogens (tertiary/aromatic N) is 1. The number of ether oxygens (including phenoxy) is 1. The molecule has 4 heteroatoms. The van der Waals surface area contributed by atoms with E-state index in [1.165, 1.54) is 57.3 Å². The number of esters is 1. The minimum absolute atomic E-state index is 0.0602. The zero-order chi connectivity index (χ0) is 17.6. The smallest absolute Gasteiger partial charge is 0.302 e. The van der Waals surface area contributed by atoms with Gasteiger partial charge in [0.25, 0.3) is 0 Å². The minimum Gasteiger partial charge on any atom is -0.465 e. The molecule has 2 saturated heterocycles. The Kier molecular flexibility index (Phi) is 2.88. The number of rotatable bonds is 2. The molecule has 6 aliphatic rings. The Morgan fingerprint density at radius 2 is 2.12 bits per heavy atom. The molecule has 0 radical (unpaired) electrons. The van der Waals surface area contributed by atoms with Crippen LogP contribution in [0.2, 0.25) is 0 Å². The summed E-state index contributed by atoms with van der Waals surface area (Å²) in [7, 11) is 0. The van der Waals surface area contributed by atoms with Crippen molar-refractivity contribution in [2.75, 3.05) is 25.0 Å². The van der Waals surface area contributed by atoms with Gasteiger partial charge in [0.15, 0.2) is 0 Å². The van der Waals surface area contributed by atoms with Crippen LogP contribution in [0.15, 0.2) is 24.3 Å². The molecule has 5 unspecified atom stereocenters. The third-order valence-electron chi connectivity index (χ3n) is 8.74. The van der Waals surface area contributed by atoms with Gasteiger partial charge in [0.2, 0.25) is 0 Å². The Labute approximate surface area is 155 Å². The van der Waals surface area contributed by atoms with E-state index in [4.69, 9.17) is 4.74 Å². The van der Waals surface area contributed by atoms with Crippen molar-refractivity contribution in [1.29, 1.82) is 0 Å². The second-order valence-electron chi connectivity index (χ2n) is 9.47. The zero-order valence-electron chi connectivity index (χ0n) is 15.6. The van der Waals surface area contributed by atoms with E-state index in [9.17, 15) is 4.79 Å². The highest BCUT2D eigenvalue weighted by atomic mass is 16.5. The Hall–Kier alpha value is -1.55. The molecule has 5 atom stereocenters. The van der Waals surface area contributed by atoms with Crippen LogP contribution in [0, 0.1) is 11.3 Å². The molecule has 3 aliphatic heterocycles. The van der Waals surface area contributed by atoms with E-state index in [1.54, 1.807) is 12.5 Å². The summed E-state index contributed by atoms with van der Waals surface area (Å²) in [6.07, 6.45) is 7.69. The second-order valence-corrected chi connectivity index (χ2v) is 9.47. The Balaban J connectivity index is 1.56. The molecule has 0 aromatic heterocycles. The molecule has 3 saturated carbocycles. The van der Waals surface area contributed by atoms with Gasteiger partial charge >= 0.3 is 5.97 Å². The third-order valence-corrected chi connectivity index (χ3v) is 8.74. The van der Waals surface area contributed by atoms with Gasteiger partial charge in [-0.05, 0) is 68.7 Å². The highest BCUT2D eigenvalue weighted by molar-refractivity contribution is 5.69. The van der Waals surface area contributed by atoms with Crippen LogP contribution in [0.25, 0.3) is 0 Å². The van der Waals surface area contributed by atoms with Gasteiger partial charge in [-0.15, -0.1) is 0 Å². The maximum absolute atomic E-state index is 11.6. The van der Waals surface area contributed by atoms with Gasteiger partial charge in [-0.1, -0.05) is 18.2 Å². The molecule has 3 aliphatic carbocycles. The minimum atomic E-state index is -0.141. The van der Waals surface area contributed by atoms with Crippen molar-refractivity contribution in [2.24, 2.45) is 11.3 Å². The van der Waals surface area contributed by atoms with Crippen molar-refractivity contribution in [3.05, 3.63) is 29.8 Å². The summed E-state index contributed by atoms with van der Waals surface area (Å²) in [5.41, 5.74) is 3.56. The fraction of sp³-hybridized carbons (Fsp3) is 0.682. The molecular formula is C22H28N2O2. The number of benzene rings is 1. The van der Waals surface area contributed by atoms with Crippen LogP contribution >= 0.6 is 0 Å². The van der Waals surface area contributed by atoms with Crippen molar-refractivity contribution in [3.63, 3.8) is 0 Å². The first-order chi connectivity index (χ1) is 12.6. The summed E-state index contributed by atoms with van der Waals surface area (Å²) in [6, 6.07) is 9.70. The third kappa shape index (κ3) is 1.56. The predicted molar refractivity (Wildman–Crippen MR) is 100 cm³/mol. The van der Waals surface area contributed by atoms with Crippen molar-refractivity contribution < 1.29 is 9.53 Å². The first-order valence-corrected chi connectivity index (χ1v) is 10.4. The zero-order valence-corrected chi connectivity index (χ0v) is 15.6. The van der Waals surface area contributed by atoms with Crippen molar-refractivity contribution in [2.45, 2.75) is 62.4 Å². The number of hydrogen-bond donors (Lipinski definition) is 1. The Morgan fingerprint density at radius 3 is 3.00 bits per heavy atom. The summed E-state index contributed by atoms with van der Waals surface area (Å²) in [5.74, 6) is 0.278. The molecule has 1 N–H and O–H groups in total. The molecule has 1 aromatic rings. The van der Waals surface area contributed by atoms with Crippen LogP contribution in [0.4, 0.5) is 5.69 Å². The van der Waals surface area contributed by atoms with E-state index >= 15 is 0 Å². The lowest BCUT2D eigenvalue weighted by molar-refractivity contribution is -0.158. The predicted octanol–water partition coefficient (Wildman–Crippen LogP) is 3.32. The molecule has 3 heterocycles. The lowest BCUT2D eigenvalue weighted by Crippen LogP contribution is -2.76. The monoisotopic (exact) mass is 352 g/mol. The maximum atomic E-state index is 11.6. The lowest BCUT2D eigenvalue weighted by Gasteiger charge is -2.69. The number of fused-ring (bicyclic) bond motifs is 3. The van der Waals surface area contributed by atoms with Crippen molar-refractivity contribution in [3.8, 4) is 0 Å². The number of anilines is 1.